The smallest absolute Gasteiger partial charge is 0.376 e. The summed E-state index contributed by atoms with van der Waals surface area (Å²) in [4.78, 5) is 4.48. The maximum absolute atomic E-state index is 12.6. The molecule has 0 aliphatic carbocycles. The third kappa shape index (κ3) is 5.71. The van der Waals surface area contributed by atoms with E-state index in [9.17, 15) is 21.6 Å². The number of nitrogens with zero attached hydrogens (tertiary/aromatic N) is 2. The second-order valence-electron chi connectivity index (χ2n) is 6.53. The average Bonchev–Trinajstić information content (AvgIpc) is 3.10. The van der Waals surface area contributed by atoms with Crippen LogP contribution in [0.4, 0.5) is 13.2 Å². The molecule has 0 amide bonds. The highest BCUT2D eigenvalue weighted by Gasteiger charge is 2.50. The van der Waals surface area contributed by atoms with Crippen molar-refractivity contribution >= 4 is 16.0 Å². The molecule has 152 valence electrons. The second-order valence-corrected chi connectivity index (χ2v) is 8.46. The van der Waals surface area contributed by atoms with Crippen molar-refractivity contribution in [3.05, 3.63) is 0 Å². The van der Waals surface area contributed by atoms with E-state index in [1.165, 1.54) is 0 Å². The van der Waals surface area contributed by atoms with Crippen LogP contribution >= 0.6 is 0 Å². The molecule has 2 N–H and O–H groups in total. The van der Waals surface area contributed by atoms with Gasteiger partial charge < -0.3 is 15.4 Å². The van der Waals surface area contributed by atoms with E-state index in [0.717, 1.165) is 19.4 Å². The molecule has 11 heteroatoms. The summed E-state index contributed by atoms with van der Waals surface area (Å²) in [6, 6.07) is 0. The zero-order valence-electron chi connectivity index (χ0n) is 14.9. The molecular formula is C15H27F3N4O3S. The summed E-state index contributed by atoms with van der Waals surface area (Å²) < 4.78 is 66.7. The number of piperidine rings is 1. The Balaban J connectivity index is 1.81. The number of rotatable bonds is 6. The molecule has 2 heterocycles. The summed E-state index contributed by atoms with van der Waals surface area (Å²) in [5, 5.41) is 6.34. The van der Waals surface area contributed by atoms with Crippen LogP contribution in [0, 0.1) is 5.92 Å². The van der Waals surface area contributed by atoms with E-state index in [4.69, 9.17) is 4.74 Å². The zero-order valence-corrected chi connectivity index (χ0v) is 15.7. The summed E-state index contributed by atoms with van der Waals surface area (Å²) in [6.45, 7) is 4.28. The molecule has 7 nitrogen and oxygen atoms in total. The summed E-state index contributed by atoms with van der Waals surface area (Å²) >= 11 is 0. The minimum absolute atomic E-state index is 0.0628. The lowest BCUT2D eigenvalue weighted by Gasteiger charge is -2.31. The van der Waals surface area contributed by atoms with Crippen molar-refractivity contribution in [1.29, 1.82) is 0 Å². The number of hydrogen-bond donors (Lipinski definition) is 2. The van der Waals surface area contributed by atoms with E-state index in [1.54, 1.807) is 0 Å². The van der Waals surface area contributed by atoms with Crippen LogP contribution in [0.2, 0.25) is 0 Å². The van der Waals surface area contributed by atoms with E-state index >= 15 is 0 Å². The normalized spacial score (nSPS) is 24.0. The first kappa shape index (κ1) is 21.2. The van der Waals surface area contributed by atoms with Crippen molar-refractivity contribution in [2.75, 3.05) is 39.3 Å². The van der Waals surface area contributed by atoms with Crippen LogP contribution in [0.25, 0.3) is 0 Å². The van der Waals surface area contributed by atoms with Crippen LogP contribution in [0.1, 0.15) is 32.6 Å². The predicted octanol–water partition coefficient (Wildman–Crippen LogP) is 1.28. The van der Waals surface area contributed by atoms with Gasteiger partial charge in [-0.1, -0.05) is 0 Å². The molecule has 0 bridgehead atoms. The molecule has 1 unspecified atom stereocenters. The first-order chi connectivity index (χ1) is 12.2. The third-order valence-corrected chi connectivity index (χ3v) is 6.21. The van der Waals surface area contributed by atoms with Crippen LogP contribution in [-0.2, 0) is 14.8 Å². The first-order valence-electron chi connectivity index (χ1n) is 8.94. The van der Waals surface area contributed by atoms with Crippen LogP contribution < -0.4 is 10.6 Å². The SMILES string of the molecule is CCNC(=NCC1CCN(S(=O)(=O)C(F)(F)F)CC1)NCC1CCCO1. The summed E-state index contributed by atoms with van der Waals surface area (Å²) in [5.74, 6) is 0.709. The molecule has 0 spiro atoms. The van der Waals surface area contributed by atoms with Crippen molar-refractivity contribution in [2.45, 2.75) is 44.2 Å². The topological polar surface area (TPSA) is 83.0 Å². The third-order valence-electron chi connectivity index (χ3n) is 4.58. The maximum Gasteiger partial charge on any atom is 0.511 e. The fourth-order valence-electron chi connectivity index (χ4n) is 3.06. The fourth-order valence-corrected chi connectivity index (χ4v) is 4.04. The molecule has 0 aromatic carbocycles. The molecular weight excluding hydrogens is 373 g/mol. The van der Waals surface area contributed by atoms with E-state index in [1.807, 2.05) is 6.92 Å². The van der Waals surface area contributed by atoms with E-state index in [2.05, 4.69) is 15.6 Å². The molecule has 0 aromatic heterocycles. The molecule has 1 atom stereocenters. The van der Waals surface area contributed by atoms with E-state index in [0.29, 0.717) is 42.7 Å². The second kappa shape index (κ2) is 9.23. The van der Waals surface area contributed by atoms with Gasteiger partial charge in [0.25, 0.3) is 0 Å². The summed E-state index contributed by atoms with van der Waals surface area (Å²) in [6.07, 6.45) is 2.97. The highest BCUT2D eigenvalue weighted by molar-refractivity contribution is 7.90. The standard InChI is InChI=1S/C15H27F3N4O3S/c1-2-19-14(21-11-13-4-3-9-25-13)20-10-12-5-7-22(8-6-12)26(23,24)15(16,17)18/h12-13H,2-11H2,1H3,(H2,19,20,21). The minimum atomic E-state index is -5.23. The van der Waals surface area contributed by atoms with E-state index < -0.39 is 15.5 Å². The van der Waals surface area contributed by atoms with Gasteiger partial charge in [0.2, 0.25) is 0 Å². The largest absolute Gasteiger partial charge is 0.511 e. The molecule has 2 fully saturated rings. The number of nitrogens with one attached hydrogen (secondary N) is 2. The molecule has 0 saturated carbocycles. The van der Waals surface area contributed by atoms with Gasteiger partial charge in [-0.2, -0.15) is 17.5 Å². The number of aliphatic imine (C=N–C) groups is 1. The Morgan fingerprint density at radius 1 is 1.23 bits per heavy atom. The monoisotopic (exact) mass is 400 g/mol. The van der Waals surface area contributed by atoms with Crippen molar-refractivity contribution in [3.63, 3.8) is 0 Å². The summed E-state index contributed by atoms with van der Waals surface area (Å²) in [7, 11) is -5.22. The lowest BCUT2D eigenvalue weighted by Crippen LogP contribution is -2.45. The van der Waals surface area contributed by atoms with Gasteiger partial charge in [0, 0.05) is 39.3 Å². The summed E-state index contributed by atoms with van der Waals surface area (Å²) in [5.41, 5.74) is -5.23. The molecule has 2 saturated heterocycles. The molecule has 2 aliphatic rings. The van der Waals surface area contributed by atoms with Gasteiger partial charge in [0.15, 0.2) is 5.96 Å². The number of guanidine groups is 1. The molecule has 0 aromatic rings. The Bertz CT molecular complexity index is 569. The Morgan fingerprint density at radius 2 is 1.92 bits per heavy atom. The number of alkyl halides is 3. The average molecular weight is 400 g/mol. The zero-order chi connectivity index (χ0) is 19.2. The van der Waals surface area contributed by atoms with Gasteiger partial charge >= 0.3 is 15.5 Å². The number of hydrogen-bond acceptors (Lipinski definition) is 4. The number of ether oxygens (including phenoxy) is 1. The quantitative estimate of drug-likeness (QED) is 0.519. The van der Waals surface area contributed by atoms with Gasteiger partial charge in [-0.25, -0.2) is 8.42 Å². The van der Waals surface area contributed by atoms with Crippen LogP contribution in [0.3, 0.4) is 0 Å². The highest BCUT2D eigenvalue weighted by atomic mass is 32.2. The van der Waals surface area contributed by atoms with Gasteiger partial charge in [-0.05, 0) is 38.5 Å². The lowest BCUT2D eigenvalue weighted by molar-refractivity contribution is -0.0496. The molecule has 0 radical (unpaired) electrons. The van der Waals surface area contributed by atoms with Gasteiger partial charge in [-0.3, -0.25) is 4.99 Å². The highest BCUT2D eigenvalue weighted by Crippen LogP contribution is 2.30. The Morgan fingerprint density at radius 3 is 2.46 bits per heavy atom. The number of halogens is 3. The van der Waals surface area contributed by atoms with Crippen molar-refractivity contribution in [2.24, 2.45) is 10.9 Å². The molecule has 26 heavy (non-hydrogen) atoms. The van der Waals surface area contributed by atoms with Gasteiger partial charge in [0.05, 0.1) is 6.10 Å². The fraction of sp³-hybridized carbons (Fsp3) is 0.933. The van der Waals surface area contributed by atoms with Crippen LogP contribution in [0.5, 0.6) is 0 Å². The van der Waals surface area contributed by atoms with Gasteiger partial charge in [-0.15, -0.1) is 0 Å². The van der Waals surface area contributed by atoms with Crippen molar-refractivity contribution < 1.29 is 26.3 Å². The van der Waals surface area contributed by atoms with Crippen LogP contribution in [0.15, 0.2) is 4.99 Å². The Hall–Kier alpha value is -1.07. The van der Waals surface area contributed by atoms with Crippen LogP contribution in [-0.4, -0.2) is 69.6 Å². The first-order valence-corrected chi connectivity index (χ1v) is 10.4. The Kier molecular flexibility index (Phi) is 7.53. The van der Waals surface area contributed by atoms with E-state index in [-0.39, 0.29) is 25.1 Å². The molecule has 2 rings (SSSR count). The minimum Gasteiger partial charge on any atom is -0.376 e. The predicted molar refractivity (Wildman–Crippen MR) is 92.2 cm³/mol. The van der Waals surface area contributed by atoms with Gasteiger partial charge in [0.1, 0.15) is 0 Å². The lowest BCUT2D eigenvalue weighted by atomic mass is 9.98. The maximum atomic E-state index is 12.6. The van der Waals surface area contributed by atoms with Crippen molar-refractivity contribution in [3.8, 4) is 0 Å². The molecule has 2 aliphatic heterocycles. The Labute approximate surface area is 152 Å². The van der Waals surface area contributed by atoms with Crippen molar-refractivity contribution in [1.82, 2.24) is 14.9 Å². The number of sulfonamides is 1.